The van der Waals surface area contributed by atoms with E-state index in [9.17, 15) is 0 Å². The van der Waals surface area contributed by atoms with Crippen molar-refractivity contribution in [2.45, 2.75) is 13.3 Å². The number of rotatable bonds is 2. The third-order valence-electron chi connectivity index (χ3n) is 1.89. The summed E-state index contributed by atoms with van der Waals surface area (Å²) in [5.74, 6) is 1.25. The van der Waals surface area contributed by atoms with Crippen LogP contribution in [0.2, 0.25) is 0 Å². The highest BCUT2D eigenvalue weighted by molar-refractivity contribution is 5.18. The molecule has 0 bridgehead atoms. The molecule has 0 amide bonds. The van der Waals surface area contributed by atoms with Crippen LogP contribution in [0.1, 0.15) is 18.6 Å². The Morgan fingerprint density at radius 2 is 2.00 bits per heavy atom. The smallest absolute Gasteiger partial charge is 0.136 e. The molecule has 70 valence electrons. The van der Waals surface area contributed by atoms with E-state index in [0.29, 0.717) is 18.1 Å². The third-order valence-corrected chi connectivity index (χ3v) is 1.89. The van der Waals surface area contributed by atoms with Crippen molar-refractivity contribution < 1.29 is 1.37 Å². The van der Waals surface area contributed by atoms with Crippen molar-refractivity contribution in [1.82, 2.24) is 15.0 Å². The highest BCUT2D eigenvalue weighted by Gasteiger charge is 1.98. The average molecular weight is 187 g/mol. The Morgan fingerprint density at radius 3 is 2.71 bits per heavy atom. The topological polar surface area (TPSA) is 38.7 Å². The number of benzene rings is 1. The standard InChI is InChI=1S/C11H11N3/c1-9-12-8-13-11(14-9)7-10-5-3-2-4-6-10/h2-6,8H,7H2,1H3/i8T. The van der Waals surface area contributed by atoms with Crippen molar-refractivity contribution in [2.24, 2.45) is 0 Å². The Morgan fingerprint density at radius 1 is 1.21 bits per heavy atom. The molecule has 2 aromatic rings. The number of hydrogen-bond acceptors (Lipinski definition) is 3. The first-order valence-electron chi connectivity index (χ1n) is 4.96. The number of hydrogen-bond donors (Lipinski definition) is 0. The van der Waals surface area contributed by atoms with Crippen molar-refractivity contribution in [3.63, 3.8) is 0 Å². The lowest BCUT2D eigenvalue weighted by atomic mass is 10.1. The lowest BCUT2D eigenvalue weighted by molar-refractivity contribution is 0.879. The molecule has 0 aliphatic heterocycles. The van der Waals surface area contributed by atoms with Gasteiger partial charge in [-0.25, -0.2) is 15.0 Å². The normalized spacial score (nSPS) is 11.1. The van der Waals surface area contributed by atoms with Gasteiger partial charge in [-0.15, -0.1) is 0 Å². The summed E-state index contributed by atoms with van der Waals surface area (Å²) in [5, 5.41) is 0. The van der Waals surface area contributed by atoms with Crippen LogP contribution < -0.4 is 0 Å². The van der Waals surface area contributed by atoms with Crippen LogP contribution in [0.15, 0.2) is 36.6 Å². The quantitative estimate of drug-likeness (QED) is 0.719. The molecule has 1 heterocycles. The van der Waals surface area contributed by atoms with Crippen LogP contribution in [0.3, 0.4) is 0 Å². The summed E-state index contributed by atoms with van der Waals surface area (Å²) in [6, 6.07) is 9.96. The molecule has 1 aromatic carbocycles. The van der Waals surface area contributed by atoms with Gasteiger partial charge in [-0.2, -0.15) is 0 Å². The van der Waals surface area contributed by atoms with Crippen LogP contribution in [-0.4, -0.2) is 15.0 Å². The molecule has 0 saturated heterocycles. The highest BCUT2D eigenvalue weighted by atomic mass is 15.0. The third kappa shape index (κ3) is 2.13. The molecule has 0 saturated carbocycles. The zero-order valence-corrected chi connectivity index (χ0v) is 7.94. The van der Waals surface area contributed by atoms with Crippen LogP contribution in [0.25, 0.3) is 0 Å². The summed E-state index contributed by atoms with van der Waals surface area (Å²) < 4.78 is 7.38. The molecule has 0 atom stereocenters. The summed E-state index contributed by atoms with van der Waals surface area (Å²) in [5.41, 5.74) is 1.14. The average Bonchev–Trinajstić information content (AvgIpc) is 2.17. The fourth-order valence-corrected chi connectivity index (χ4v) is 1.25. The highest BCUT2D eigenvalue weighted by Crippen LogP contribution is 2.03. The van der Waals surface area contributed by atoms with Crippen molar-refractivity contribution in [3.05, 3.63) is 53.8 Å². The maximum absolute atomic E-state index is 7.38. The fraction of sp³-hybridized carbons (Fsp3) is 0.182. The number of nitrogens with zero attached hydrogens (tertiary/aromatic N) is 3. The molecule has 0 N–H and O–H groups in total. The van der Waals surface area contributed by atoms with E-state index in [4.69, 9.17) is 1.37 Å². The minimum atomic E-state index is 0.0356. The van der Waals surface area contributed by atoms with Gasteiger partial charge < -0.3 is 0 Å². The molecule has 3 nitrogen and oxygen atoms in total. The molecule has 2 rings (SSSR count). The summed E-state index contributed by atoms with van der Waals surface area (Å²) >= 11 is 0. The second-order valence-electron chi connectivity index (χ2n) is 3.06. The van der Waals surface area contributed by atoms with Crippen LogP contribution >= 0.6 is 0 Å². The molecule has 0 spiro atoms. The molecule has 0 fully saturated rings. The van der Waals surface area contributed by atoms with Gasteiger partial charge in [-0.05, 0) is 12.5 Å². The maximum atomic E-state index is 7.38. The van der Waals surface area contributed by atoms with Gasteiger partial charge in [0.05, 0.1) is 0 Å². The van der Waals surface area contributed by atoms with E-state index in [0.717, 1.165) is 5.56 Å². The van der Waals surface area contributed by atoms with E-state index >= 15 is 0 Å². The largest absolute Gasteiger partial charge is 0.222 e. The molecule has 0 unspecified atom stereocenters. The first-order chi connectivity index (χ1) is 7.24. The molecule has 0 aliphatic rings. The Kier molecular flexibility index (Phi) is 2.15. The van der Waals surface area contributed by atoms with Crippen molar-refractivity contribution in [1.29, 1.82) is 0 Å². The van der Waals surface area contributed by atoms with Gasteiger partial charge in [-0.3, -0.25) is 0 Å². The molecule has 1 aromatic heterocycles. The maximum Gasteiger partial charge on any atom is 0.136 e. The van der Waals surface area contributed by atoms with E-state index < -0.39 is 0 Å². The van der Waals surface area contributed by atoms with Gasteiger partial charge in [-0.1, -0.05) is 30.3 Å². The second kappa shape index (κ2) is 3.96. The summed E-state index contributed by atoms with van der Waals surface area (Å²) in [6.07, 6.45) is 0.684. The van der Waals surface area contributed by atoms with Gasteiger partial charge in [0.25, 0.3) is 0 Å². The van der Waals surface area contributed by atoms with Crippen LogP contribution in [0.4, 0.5) is 0 Å². The Bertz CT molecular complexity index is 436. The van der Waals surface area contributed by atoms with E-state index in [1.165, 1.54) is 0 Å². The summed E-state index contributed by atoms with van der Waals surface area (Å²) in [4.78, 5) is 12.0. The van der Waals surface area contributed by atoms with E-state index in [-0.39, 0.29) is 6.30 Å². The van der Waals surface area contributed by atoms with E-state index in [2.05, 4.69) is 15.0 Å². The monoisotopic (exact) mass is 187 g/mol. The molecule has 0 aliphatic carbocycles. The van der Waals surface area contributed by atoms with E-state index in [1.807, 2.05) is 30.3 Å². The Hall–Kier alpha value is -1.77. The molecule has 14 heavy (non-hydrogen) atoms. The molecular formula is C11H11N3. The molecule has 0 radical (unpaired) electrons. The number of aryl methyl sites for hydroxylation is 1. The minimum Gasteiger partial charge on any atom is -0.222 e. The van der Waals surface area contributed by atoms with Crippen molar-refractivity contribution >= 4 is 0 Å². The van der Waals surface area contributed by atoms with Gasteiger partial charge >= 0.3 is 0 Å². The van der Waals surface area contributed by atoms with Crippen LogP contribution in [0.5, 0.6) is 0 Å². The lowest BCUT2D eigenvalue weighted by Gasteiger charge is -1.99. The fourth-order valence-electron chi connectivity index (χ4n) is 1.25. The summed E-state index contributed by atoms with van der Waals surface area (Å²) in [7, 11) is 0. The van der Waals surface area contributed by atoms with Gasteiger partial charge in [0.1, 0.15) is 19.3 Å². The van der Waals surface area contributed by atoms with E-state index in [1.54, 1.807) is 6.92 Å². The van der Waals surface area contributed by atoms with Crippen LogP contribution in [0, 0.1) is 6.92 Å². The molecule has 3 heteroatoms. The zero-order chi connectivity index (χ0) is 10.7. The zero-order valence-electron chi connectivity index (χ0n) is 8.94. The predicted molar refractivity (Wildman–Crippen MR) is 53.8 cm³/mol. The van der Waals surface area contributed by atoms with Crippen molar-refractivity contribution in [2.75, 3.05) is 0 Å². The first kappa shape index (κ1) is 7.62. The van der Waals surface area contributed by atoms with Gasteiger partial charge in [0.2, 0.25) is 0 Å². The Labute approximate surface area is 84.3 Å². The second-order valence-corrected chi connectivity index (χ2v) is 3.06. The minimum absolute atomic E-state index is 0.0356. The van der Waals surface area contributed by atoms with Gasteiger partial charge in [0.15, 0.2) is 0 Å². The van der Waals surface area contributed by atoms with Gasteiger partial charge in [0, 0.05) is 6.42 Å². The lowest BCUT2D eigenvalue weighted by Crippen LogP contribution is -1.99. The SMILES string of the molecule is [3H]c1nc(C)nc(Cc2ccccc2)n1. The van der Waals surface area contributed by atoms with Crippen LogP contribution in [-0.2, 0) is 6.42 Å². The Balaban J connectivity index is 2.25. The predicted octanol–water partition coefficient (Wildman–Crippen LogP) is 1.77. The summed E-state index contributed by atoms with van der Waals surface area (Å²) in [6.45, 7) is 1.77. The van der Waals surface area contributed by atoms with Crippen molar-refractivity contribution in [3.8, 4) is 0 Å². The first-order valence-corrected chi connectivity index (χ1v) is 4.46. The number of aromatic nitrogens is 3. The molecular weight excluding hydrogens is 174 g/mol.